The Morgan fingerprint density at radius 1 is 0.865 bits per heavy atom. The summed E-state index contributed by atoms with van der Waals surface area (Å²) < 4.78 is 2.08. The lowest BCUT2D eigenvalue weighted by atomic mass is 9.95. The van der Waals surface area contributed by atoms with Crippen LogP contribution in [-0.4, -0.2) is 56.6 Å². The molecular formula is C30H30N6O. The summed E-state index contributed by atoms with van der Waals surface area (Å²) in [5.74, 6) is 1.70. The highest BCUT2D eigenvalue weighted by Gasteiger charge is 2.29. The molecule has 0 N–H and O–H groups in total. The Kier molecular flexibility index (Phi) is 6.04. The van der Waals surface area contributed by atoms with E-state index in [0.29, 0.717) is 26.2 Å². The largest absolute Gasteiger partial charge is 0.339 e. The van der Waals surface area contributed by atoms with Gasteiger partial charge in [-0.15, -0.1) is 10.2 Å². The van der Waals surface area contributed by atoms with Crippen LogP contribution in [0, 0.1) is 6.92 Å². The van der Waals surface area contributed by atoms with Crippen LogP contribution in [-0.2, 0) is 4.79 Å². The van der Waals surface area contributed by atoms with Crippen molar-refractivity contribution in [2.45, 2.75) is 26.2 Å². The van der Waals surface area contributed by atoms with Crippen LogP contribution in [0.5, 0.6) is 0 Å². The van der Waals surface area contributed by atoms with Gasteiger partial charge >= 0.3 is 0 Å². The van der Waals surface area contributed by atoms with E-state index in [2.05, 4.69) is 57.6 Å². The van der Waals surface area contributed by atoms with Crippen molar-refractivity contribution in [3.63, 3.8) is 0 Å². The van der Waals surface area contributed by atoms with E-state index in [4.69, 9.17) is 4.98 Å². The number of carbonyl (C=O) groups excluding carboxylic acids is 1. The van der Waals surface area contributed by atoms with Crippen molar-refractivity contribution in [3.8, 4) is 11.4 Å². The van der Waals surface area contributed by atoms with Crippen LogP contribution in [0.25, 0.3) is 27.9 Å². The van der Waals surface area contributed by atoms with Crippen molar-refractivity contribution in [1.29, 1.82) is 0 Å². The third-order valence-electron chi connectivity index (χ3n) is 7.40. The molecule has 37 heavy (non-hydrogen) atoms. The second-order valence-corrected chi connectivity index (χ2v) is 9.61. The predicted molar refractivity (Wildman–Crippen MR) is 147 cm³/mol. The Bertz CT molecular complexity index is 1570. The minimum Gasteiger partial charge on any atom is -0.339 e. The first-order chi connectivity index (χ1) is 18.2. The van der Waals surface area contributed by atoms with Gasteiger partial charge in [-0.05, 0) is 36.6 Å². The molecule has 0 spiro atoms. The SMILES string of the molecule is CCC(C(=O)N1CCN(c2nc3ccccc3c3nnc(-c4ccccc4C)n23)CC1)c1ccccc1. The van der Waals surface area contributed by atoms with Crippen molar-refractivity contribution in [3.05, 3.63) is 90.0 Å². The topological polar surface area (TPSA) is 66.6 Å². The van der Waals surface area contributed by atoms with Crippen molar-refractivity contribution >= 4 is 28.4 Å². The van der Waals surface area contributed by atoms with Crippen LogP contribution in [0.15, 0.2) is 78.9 Å². The van der Waals surface area contributed by atoms with Crippen LogP contribution < -0.4 is 4.90 Å². The maximum atomic E-state index is 13.5. The predicted octanol–water partition coefficient (Wildman–Crippen LogP) is 5.10. The number of fused-ring (bicyclic) bond motifs is 3. The van der Waals surface area contributed by atoms with E-state index in [1.54, 1.807) is 0 Å². The normalized spacial score (nSPS) is 14.9. The number of hydrogen-bond donors (Lipinski definition) is 0. The number of para-hydroxylation sites is 1. The summed E-state index contributed by atoms with van der Waals surface area (Å²) >= 11 is 0. The number of benzene rings is 3. The molecular weight excluding hydrogens is 460 g/mol. The highest BCUT2D eigenvalue weighted by molar-refractivity contribution is 5.93. The van der Waals surface area contributed by atoms with E-state index in [0.717, 1.165) is 51.4 Å². The van der Waals surface area contributed by atoms with Crippen molar-refractivity contribution in [1.82, 2.24) is 24.5 Å². The third kappa shape index (κ3) is 4.10. The fourth-order valence-corrected chi connectivity index (χ4v) is 5.36. The van der Waals surface area contributed by atoms with Gasteiger partial charge in [0, 0.05) is 37.1 Å². The Labute approximate surface area is 216 Å². The lowest BCUT2D eigenvalue weighted by molar-refractivity contribution is -0.133. The molecule has 1 atom stereocenters. The molecule has 1 saturated heterocycles. The molecule has 7 heteroatoms. The molecule has 1 amide bonds. The van der Waals surface area contributed by atoms with Gasteiger partial charge in [-0.3, -0.25) is 4.79 Å². The summed E-state index contributed by atoms with van der Waals surface area (Å²) in [5.41, 5.74) is 4.95. The summed E-state index contributed by atoms with van der Waals surface area (Å²) in [6, 6.07) is 26.4. The second-order valence-electron chi connectivity index (χ2n) is 9.61. The third-order valence-corrected chi connectivity index (χ3v) is 7.40. The van der Waals surface area contributed by atoms with E-state index < -0.39 is 0 Å². The standard InChI is InChI=1S/C30H30N6O/c1-3-23(22-12-5-4-6-13-22)29(37)34-17-19-35(20-18-34)30-31-26-16-10-9-15-25(26)28-33-32-27(36(28)30)24-14-8-7-11-21(24)2/h4-16,23H,3,17-20H2,1-2H3. The highest BCUT2D eigenvalue weighted by atomic mass is 16.2. The Morgan fingerprint density at radius 3 is 2.32 bits per heavy atom. The maximum Gasteiger partial charge on any atom is 0.230 e. The lowest BCUT2D eigenvalue weighted by Gasteiger charge is -2.37. The fourth-order valence-electron chi connectivity index (χ4n) is 5.36. The molecule has 0 aliphatic carbocycles. The molecule has 3 heterocycles. The van der Waals surface area contributed by atoms with E-state index in [-0.39, 0.29) is 11.8 Å². The average Bonchev–Trinajstić information content (AvgIpc) is 3.39. The zero-order valence-corrected chi connectivity index (χ0v) is 21.2. The number of aromatic nitrogens is 4. The van der Waals surface area contributed by atoms with E-state index in [1.165, 1.54) is 0 Å². The number of piperazine rings is 1. The zero-order valence-electron chi connectivity index (χ0n) is 21.2. The number of amides is 1. The van der Waals surface area contributed by atoms with Crippen molar-refractivity contribution < 1.29 is 4.79 Å². The average molecular weight is 491 g/mol. The lowest BCUT2D eigenvalue weighted by Crippen LogP contribution is -2.50. The quantitative estimate of drug-likeness (QED) is 0.343. The summed E-state index contributed by atoms with van der Waals surface area (Å²) in [7, 11) is 0. The maximum absolute atomic E-state index is 13.5. The van der Waals surface area contributed by atoms with Gasteiger partial charge in [0.2, 0.25) is 11.9 Å². The first-order valence-electron chi connectivity index (χ1n) is 12.9. The van der Waals surface area contributed by atoms with Crippen molar-refractivity contribution in [2.75, 3.05) is 31.1 Å². The number of aryl methyl sites for hydroxylation is 1. The molecule has 6 rings (SSSR count). The molecule has 0 bridgehead atoms. The Hall–Kier alpha value is -4.26. The van der Waals surface area contributed by atoms with Gasteiger partial charge in [-0.1, -0.05) is 73.7 Å². The van der Waals surface area contributed by atoms with Gasteiger partial charge in [-0.25, -0.2) is 9.38 Å². The first-order valence-corrected chi connectivity index (χ1v) is 12.9. The summed E-state index contributed by atoms with van der Waals surface area (Å²) in [5, 5.41) is 10.2. The smallest absolute Gasteiger partial charge is 0.230 e. The zero-order chi connectivity index (χ0) is 25.4. The fraction of sp³-hybridized carbons (Fsp3) is 0.267. The molecule has 0 radical (unpaired) electrons. The Balaban J connectivity index is 1.35. The molecule has 0 saturated carbocycles. The first kappa shape index (κ1) is 23.2. The summed E-state index contributed by atoms with van der Waals surface area (Å²) in [4.78, 5) is 22.8. The summed E-state index contributed by atoms with van der Waals surface area (Å²) in [6.45, 7) is 6.87. The van der Waals surface area contributed by atoms with Crippen LogP contribution in [0.4, 0.5) is 5.95 Å². The van der Waals surface area contributed by atoms with Gasteiger partial charge in [0.05, 0.1) is 11.4 Å². The van der Waals surface area contributed by atoms with Crippen LogP contribution >= 0.6 is 0 Å². The van der Waals surface area contributed by atoms with Crippen molar-refractivity contribution in [2.24, 2.45) is 0 Å². The molecule has 1 fully saturated rings. The van der Waals surface area contributed by atoms with Gasteiger partial charge in [-0.2, -0.15) is 0 Å². The number of hydrogen-bond acceptors (Lipinski definition) is 5. The molecule has 186 valence electrons. The molecule has 1 aliphatic heterocycles. The number of rotatable bonds is 5. The van der Waals surface area contributed by atoms with E-state index >= 15 is 0 Å². The van der Waals surface area contributed by atoms with Gasteiger partial charge in [0.15, 0.2) is 11.5 Å². The van der Waals surface area contributed by atoms with Gasteiger partial charge in [0.1, 0.15) is 0 Å². The molecule has 3 aromatic carbocycles. The number of carbonyl (C=O) groups is 1. The van der Waals surface area contributed by atoms with Gasteiger partial charge in [0.25, 0.3) is 0 Å². The number of anilines is 1. The van der Waals surface area contributed by atoms with Gasteiger partial charge < -0.3 is 9.80 Å². The van der Waals surface area contributed by atoms with Crippen LogP contribution in [0.2, 0.25) is 0 Å². The minimum absolute atomic E-state index is 0.108. The minimum atomic E-state index is -0.108. The Morgan fingerprint density at radius 2 is 1.57 bits per heavy atom. The van der Waals surface area contributed by atoms with E-state index in [9.17, 15) is 4.79 Å². The number of nitrogens with zero attached hydrogens (tertiary/aromatic N) is 6. The second kappa shape index (κ2) is 9.65. The molecule has 2 aromatic heterocycles. The monoisotopic (exact) mass is 490 g/mol. The molecule has 5 aromatic rings. The van der Waals surface area contributed by atoms with E-state index in [1.807, 2.05) is 59.5 Å². The highest BCUT2D eigenvalue weighted by Crippen LogP contribution is 2.31. The molecule has 1 aliphatic rings. The van der Waals surface area contributed by atoms with Crippen LogP contribution in [0.3, 0.4) is 0 Å². The summed E-state index contributed by atoms with van der Waals surface area (Å²) in [6.07, 6.45) is 0.788. The van der Waals surface area contributed by atoms with Crippen LogP contribution in [0.1, 0.15) is 30.4 Å². The molecule has 7 nitrogen and oxygen atoms in total. The molecule has 1 unspecified atom stereocenters.